The molecule has 1 aromatic heterocycles. The van der Waals surface area contributed by atoms with Crippen LogP contribution in [-0.2, 0) is 0 Å². The van der Waals surface area contributed by atoms with Gasteiger partial charge in [0, 0.05) is 35.2 Å². The fourth-order valence-corrected chi connectivity index (χ4v) is 4.99. The lowest BCUT2D eigenvalue weighted by molar-refractivity contribution is 0.0454. The summed E-state index contributed by atoms with van der Waals surface area (Å²) in [7, 11) is 0. The number of amides is 1. The van der Waals surface area contributed by atoms with Crippen molar-refractivity contribution in [2.24, 2.45) is 0 Å². The van der Waals surface area contributed by atoms with Gasteiger partial charge in [0.15, 0.2) is 5.78 Å². The molecule has 0 spiro atoms. The van der Waals surface area contributed by atoms with Crippen LogP contribution in [0.2, 0.25) is 0 Å². The van der Waals surface area contributed by atoms with E-state index in [4.69, 9.17) is 0 Å². The highest BCUT2D eigenvalue weighted by Crippen LogP contribution is 2.30. The summed E-state index contributed by atoms with van der Waals surface area (Å²) < 4.78 is 14.5. The Hall–Kier alpha value is -3.86. The Balaban J connectivity index is 1.37. The molecule has 1 amide bonds. The van der Waals surface area contributed by atoms with Crippen LogP contribution in [0.15, 0.2) is 91.1 Å². The monoisotopic (exact) mass is 466 g/mol. The number of aromatic nitrogens is 1. The van der Waals surface area contributed by atoms with E-state index in [1.807, 2.05) is 72.8 Å². The number of rotatable bonds is 6. The first-order chi connectivity index (χ1) is 17.1. The number of nitrogens with zero attached hydrogens (tertiary/aromatic N) is 2. The van der Waals surface area contributed by atoms with Gasteiger partial charge in [0.1, 0.15) is 6.17 Å². The second-order valence-corrected chi connectivity index (χ2v) is 9.04. The van der Waals surface area contributed by atoms with E-state index in [2.05, 4.69) is 4.98 Å². The summed E-state index contributed by atoms with van der Waals surface area (Å²) in [6.45, 7) is 0.0522. The Bertz CT molecular complexity index is 1350. The number of hydrogen-bond donors (Lipinski definition) is 0. The van der Waals surface area contributed by atoms with Crippen molar-refractivity contribution >= 4 is 22.6 Å². The maximum Gasteiger partial charge on any atom is 0.254 e. The van der Waals surface area contributed by atoms with Crippen molar-refractivity contribution in [3.63, 3.8) is 0 Å². The molecule has 0 bridgehead atoms. The zero-order chi connectivity index (χ0) is 24.2. The number of fused-ring (bicyclic) bond motifs is 1. The van der Waals surface area contributed by atoms with E-state index in [1.165, 1.54) is 0 Å². The molecule has 3 aromatic carbocycles. The molecule has 1 saturated heterocycles. The van der Waals surface area contributed by atoms with Crippen molar-refractivity contribution in [2.75, 3.05) is 6.54 Å². The fourth-order valence-electron chi connectivity index (χ4n) is 4.99. The lowest BCUT2D eigenvalue weighted by Gasteiger charge is -2.37. The number of hydrogen-bond acceptors (Lipinski definition) is 3. The summed E-state index contributed by atoms with van der Waals surface area (Å²) >= 11 is 0. The van der Waals surface area contributed by atoms with Crippen LogP contribution in [-0.4, -0.2) is 40.3 Å². The maximum atomic E-state index is 14.5. The lowest BCUT2D eigenvalue weighted by Crippen LogP contribution is -2.48. The number of carbonyl (C=O) groups excluding carboxylic acids is 2. The number of halogens is 1. The summed E-state index contributed by atoms with van der Waals surface area (Å²) in [6, 6.07) is 26.4. The molecule has 0 saturated carbocycles. The Morgan fingerprint density at radius 1 is 0.857 bits per heavy atom. The van der Waals surface area contributed by atoms with Gasteiger partial charge >= 0.3 is 0 Å². The van der Waals surface area contributed by atoms with Crippen LogP contribution < -0.4 is 0 Å². The second-order valence-electron chi connectivity index (χ2n) is 9.04. The minimum atomic E-state index is -1.06. The van der Waals surface area contributed by atoms with Gasteiger partial charge in [-0.25, -0.2) is 4.39 Å². The lowest BCUT2D eigenvalue weighted by atomic mass is 9.92. The van der Waals surface area contributed by atoms with Crippen LogP contribution in [0.3, 0.4) is 0 Å². The van der Waals surface area contributed by atoms with Crippen LogP contribution >= 0.6 is 0 Å². The summed E-state index contributed by atoms with van der Waals surface area (Å²) in [6.07, 6.45) is 2.35. The molecule has 1 aliphatic heterocycles. The summed E-state index contributed by atoms with van der Waals surface area (Å²) in [5, 5.41) is 0.922. The maximum absolute atomic E-state index is 14.5. The number of benzene rings is 3. The van der Waals surface area contributed by atoms with Crippen molar-refractivity contribution in [1.29, 1.82) is 0 Å². The molecule has 35 heavy (non-hydrogen) atoms. The largest absolute Gasteiger partial charge is 0.333 e. The van der Waals surface area contributed by atoms with E-state index in [1.54, 1.807) is 23.2 Å². The highest BCUT2D eigenvalue weighted by molar-refractivity contribution is 6.06. The number of piperidine rings is 1. The molecular formula is C30H27FN2O2. The van der Waals surface area contributed by atoms with Gasteiger partial charge in [0.05, 0.1) is 12.1 Å². The molecule has 1 fully saturated rings. The average molecular weight is 467 g/mol. The number of pyridine rings is 1. The Morgan fingerprint density at radius 3 is 2.46 bits per heavy atom. The van der Waals surface area contributed by atoms with Gasteiger partial charge in [-0.3, -0.25) is 14.6 Å². The highest BCUT2D eigenvalue weighted by atomic mass is 19.1. The smallest absolute Gasteiger partial charge is 0.254 e. The van der Waals surface area contributed by atoms with E-state index in [0.29, 0.717) is 35.9 Å². The van der Waals surface area contributed by atoms with Gasteiger partial charge in [0.2, 0.25) is 0 Å². The molecule has 1 unspecified atom stereocenters. The van der Waals surface area contributed by atoms with Gasteiger partial charge in [-0.05, 0) is 48.6 Å². The van der Waals surface area contributed by atoms with Crippen LogP contribution in [0, 0.1) is 0 Å². The van der Waals surface area contributed by atoms with Crippen LogP contribution in [0.25, 0.3) is 22.0 Å². The first kappa shape index (κ1) is 22.9. The Labute approximate surface area is 204 Å². The van der Waals surface area contributed by atoms with E-state index in [0.717, 1.165) is 16.5 Å². The fraction of sp³-hybridized carbons (Fsp3) is 0.233. The third-order valence-electron chi connectivity index (χ3n) is 6.79. The molecular weight excluding hydrogens is 439 g/mol. The summed E-state index contributed by atoms with van der Waals surface area (Å²) in [4.78, 5) is 32.9. The van der Waals surface area contributed by atoms with Gasteiger partial charge in [-0.15, -0.1) is 0 Å². The molecule has 5 rings (SSSR count). The molecule has 4 nitrogen and oxygen atoms in total. The number of alkyl halides is 1. The average Bonchev–Trinajstić information content (AvgIpc) is 2.92. The Morgan fingerprint density at radius 2 is 1.60 bits per heavy atom. The third kappa shape index (κ3) is 4.85. The van der Waals surface area contributed by atoms with Crippen LogP contribution in [0.1, 0.15) is 46.4 Å². The van der Waals surface area contributed by atoms with E-state index < -0.39 is 6.17 Å². The van der Waals surface area contributed by atoms with Gasteiger partial charge in [-0.2, -0.15) is 0 Å². The molecule has 1 aliphatic rings. The second kappa shape index (κ2) is 10.2. The van der Waals surface area contributed by atoms with E-state index in [-0.39, 0.29) is 30.7 Å². The topological polar surface area (TPSA) is 50.3 Å². The summed E-state index contributed by atoms with van der Waals surface area (Å²) in [5.41, 5.74) is 3.62. The minimum Gasteiger partial charge on any atom is -0.333 e. The number of Topliss-reactive ketones (excluding diaryl/α,β-unsaturated/α-hetero) is 1. The van der Waals surface area contributed by atoms with Crippen molar-refractivity contribution < 1.29 is 14.0 Å². The predicted octanol–water partition coefficient (Wildman–Crippen LogP) is 6.51. The van der Waals surface area contributed by atoms with E-state index >= 15 is 0 Å². The predicted molar refractivity (Wildman–Crippen MR) is 136 cm³/mol. The minimum absolute atomic E-state index is 0.00578. The zero-order valence-electron chi connectivity index (χ0n) is 19.4. The van der Waals surface area contributed by atoms with Crippen molar-refractivity contribution in [2.45, 2.75) is 37.9 Å². The zero-order valence-corrected chi connectivity index (χ0v) is 19.4. The molecule has 4 aromatic rings. The highest BCUT2D eigenvalue weighted by Gasteiger charge is 2.33. The molecule has 5 heteroatoms. The van der Waals surface area contributed by atoms with Gasteiger partial charge in [0.25, 0.3) is 5.91 Å². The Kier molecular flexibility index (Phi) is 6.66. The van der Waals surface area contributed by atoms with Crippen LogP contribution in [0.4, 0.5) is 4.39 Å². The van der Waals surface area contributed by atoms with E-state index in [9.17, 15) is 14.0 Å². The van der Waals surface area contributed by atoms with Crippen molar-refractivity contribution in [3.8, 4) is 11.1 Å². The number of carbonyl (C=O) groups is 2. The molecule has 2 heterocycles. The standard InChI is InChI=1S/C30H27FN2O2/c31-23-15-16-24(17-18-28(34)27-14-6-10-22-11-7-19-32-29(22)27)33(20-23)30(35)26-13-5-4-12-25(26)21-8-2-1-3-9-21/h1-14,19,23-24H,15-18,20H2/t23-,24?/m0/s1. The quantitative estimate of drug-likeness (QED) is 0.305. The molecule has 0 radical (unpaired) electrons. The third-order valence-corrected chi connectivity index (χ3v) is 6.79. The molecule has 176 valence electrons. The molecule has 0 N–H and O–H groups in total. The number of likely N-dealkylation sites (tertiary alicyclic amines) is 1. The van der Waals surface area contributed by atoms with Crippen LogP contribution in [0.5, 0.6) is 0 Å². The molecule has 0 aliphatic carbocycles. The first-order valence-corrected chi connectivity index (χ1v) is 12.1. The first-order valence-electron chi connectivity index (χ1n) is 12.1. The normalized spacial score (nSPS) is 17.9. The molecule has 2 atom stereocenters. The van der Waals surface area contributed by atoms with Crippen molar-refractivity contribution in [3.05, 3.63) is 102 Å². The number of para-hydroxylation sites is 1. The number of ketones is 1. The van der Waals surface area contributed by atoms with Gasteiger partial charge < -0.3 is 4.90 Å². The van der Waals surface area contributed by atoms with Crippen molar-refractivity contribution in [1.82, 2.24) is 9.88 Å². The van der Waals surface area contributed by atoms with Gasteiger partial charge in [-0.1, -0.05) is 66.7 Å². The summed E-state index contributed by atoms with van der Waals surface area (Å²) in [5.74, 6) is -0.190. The SMILES string of the molecule is O=C(CCC1CC[C@H](F)CN1C(=O)c1ccccc1-c1ccccc1)c1cccc2cccnc12.